The second-order valence-corrected chi connectivity index (χ2v) is 6.40. The minimum Gasteiger partial charge on any atom is -0.455 e. The number of amides is 1. The third-order valence-corrected chi connectivity index (χ3v) is 4.24. The summed E-state index contributed by atoms with van der Waals surface area (Å²) in [7, 11) is 0. The maximum Gasteiger partial charge on any atom is 0.312 e. The van der Waals surface area contributed by atoms with E-state index in [1.165, 1.54) is 0 Å². The Morgan fingerprint density at radius 1 is 1.35 bits per heavy atom. The van der Waals surface area contributed by atoms with E-state index in [-0.39, 0.29) is 17.9 Å². The van der Waals surface area contributed by atoms with E-state index in [1.54, 1.807) is 31.2 Å². The number of H-pyrrole nitrogens is 1. The molecule has 0 spiro atoms. The van der Waals surface area contributed by atoms with Gasteiger partial charge in [-0.3, -0.25) is 14.4 Å². The van der Waals surface area contributed by atoms with Crippen molar-refractivity contribution >= 4 is 22.6 Å². The maximum atomic E-state index is 12.0. The van der Waals surface area contributed by atoms with Crippen molar-refractivity contribution in [3.8, 4) is 6.07 Å². The van der Waals surface area contributed by atoms with Crippen molar-refractivity contribution in [1.82, 2.24) is 15.5 Å². The summed E-state index contributed by atoms with van der Waals surface area (Å²) >= 11 is 0. The highest BCUT2D eigenvalue weighted by molar-refractivity contribution is 5.87. The summed E-state index contributed by atoms with van der Waals surface area (Å²) in [5.74, 6) is -1.33. The zero-order valence-electron chi connectivity index (χ0n) is 14.8. The van der Waals surface area contributed by atoms with Crippen LogP contribution in [0.5, 0.6) is 0 Å². The quantitative estimate of drug-likeness (QED) is 0.746. The van der Waals surface area contributed by atoms with E-state index in [0.29, 0.717) is 16.5 Å². The summed E-state index contributed by atoms with van der Waals surface area (Å²) in [5.41, 5.74) is -1.03. The Balaban J connectivity index is 2.00. The summed E-state index contributed by atoms with van der Waals surface area (Å²) in [6.45, 7) is 4.73. The number of aromatic nitrogens is 2. The van der Waals surface area contributed by atoms with Crippen molar-refractivity contribution in [2.75, 3.05) is 6.61 Å². The van der Waals surface area contributed by atoms with Gasteiger partial charge in [0.1, 0.15) is 5.54 Å². The summed E-state index contributed by atoms with van der Waals surface area (Å²) in [6.07, 6.45) is -0.190. The molecule has 0 saturated carbocycles. The van der Waals surface area contributed by atoms with Gasteiger partial charge in [0, 0.05) is 5.39 Å². The Morgan fingerprint density at radius 2 is 2.00 bits per heavy atom. The fourth-order valence-electron chi connectivity index (χ4n) is 2.27. The van der Waals surface area contributed by atoms with Crippen LogP contribution < -0.4 is 10.9 Å². The number of carbonyl (C=O) groups excluding carboxylic acids is 2. The van der Waals surface area contributed by atoms with Crippen LogP contribution in [0.3, 0.4) is 0 Å². The summed E-state index contributed by atoms with van der Waals surface area (Å²) in [4.78, 5) is 35.7. The maximum absolute atomic E-state index is 12.0. The number of nitriles is 1. The fourth-order valence-corrected chi connectivity index (χ4v) is 2.27. The van der Waals surface area contributed by atoms with E-state index in [2.05, 4.69) is 15.5 Å². The number of nitrogens with one attached hydrogen (secondary N) is 2. The molecule has 1 amide bonds. The predicted octanol–water partition coefficient (Wildman–Crippen LogP) is 1.06. The van der Waals surface area contributed by atoms with E-state index in [4.69, 9.17) is 4.74 Å². The number of aromatic amines is 1. The molecule has 0 aliphatic heterocycles. The van der Waals surface area contributed by atoms with Gasteiger partial charge >= 0.3 is 5.97 Å². The minimum atomic E-state index is -1.04. The molecule has 0 aliphatic carbocycles. The Bertz CT molecular complexity index is 929. The Kier molecular flexibility index (Phi) is 5.72. The van der Waals surface area contributed by atoms with Gasteiger partial charge in [0.2, 0.25) is 0 Å². The van der Waals surface area contributed by atoms with E-state index in [9.17, 15) is 19.6 Å². The molecule has 0 unspecified atom stereocenters. The molecular formula is C18H20N4O4. The molecule has 8 nitrogen and oxygen atoms in total. The van der Waals surface area contributed by atoms with Crippen LogP contribution in [0.2, 0.25) is 0 Å². The van der Waals surface area contributed by atoms with Gasteiger partial charge in [-0.15, -0.1) is 0 Å². The van der Waals surface area contributed by atoms with E-state index in [0.717, 1.165) is 0 Å². The summed E-state index contributed by atoms with van der Waals surface area (Å²) in [6, 6.07) is 8.82. The second-order valence-electron chi connectivity index (χ2n) is 6.40. The lowest BCUT2D eigenvalue weighted by molar-refractivity contribution is -0.148. The van der Waals surface area contributed by atoms with E-state index >= 15 is 0 Å². The van der Waals surface area contributed by atoms with Crippen LogP contribution in [0.1, 0.15) is 26.5 Å². The molecule has 1 atom stereocenters. The average molecular weight is 356 g/mol. The van der Waals surface area contributed by atoms with Crippen LogP contribution in [-0.2, 0) is 20.7 Å². The third kappa shape index (κ3) is 4.25. The number of carbonyl (C=O) groups is 2. The molecule has 0 aliphatic rings. The SMILES string of the molecule is CC(C)[C@](C)(C#N)NC(=O)COC(=O)Cc1n[nH]c(=O)c2ccccc12. The van der Waals surface area contributed by atoms with Gasteiger partial charge in [0.05, 0.1) is 23.6 Å². The van der Waals surface area contributed by atoms with Crippen molar-refractivity contribution in [1.29, 1.82) is 5.26 Å². The second kappa shape index (κ2) is 7.78. The smallest absolute Gasteiger partial charge is 0.312 e. The lowest BCUT2D eigenvalue weighted by Gasteiger charge is -2.27. The van der Waals surface area contributed by atoms with E-state index < -0.39 is 24.0 Å². The molecule has 1 aromatic carbocycles. The van der Waals surface area contributed by atoms with Gasteiger partial charge in [-0.25, -0.2) is 5.10 Å². The van der Waals surface area contributed by atoms with Gasteiger partial charge in [0.25, 0.3) is 11.5 Å². The topological polar surface area (TPSA) is 125 Å². The normalized spacial score (nSPS) is 13.0. The summed E-state index contributed by atoms with van der Waals surface area (Å²) in [5, 5.41) is 18.9. The van der Waals surface area contributed by atoms with Crippen LogP contribution in [0.25, 0.3) is 10.8 Å². The number of ether oxygens (including phenoxy) is 1. The third-order valence-electron chi connectivity index (χ3n) is 4.24. The molecule has 8 heteroatoms. The van der Waals surface area contributed by atoms with Gasteiger partial charge in [-0.2, -0.15) is 10.4 Å². The molecule has 0 bridgehead atoms. The zero-order valence-corrected chi connectivity index (χ0v) is 14.8. The van der Waals surface area contributed by atoms with Crippen molar-refractivity contribution in [2.24, 2.45) is 5.92 Å². The van der Waals surface area contributed by atoms with Crippen LogP contribution in [0.15, 0.2) is 29.1 Å². The van der Waals surface area contributed by atoms with Crippen LogP contribution in [0, 0.1) is 17.2 Å². The van der Waals surface area contributed by atoms with Gasteiger partial charge in [-0.1, -0.05) is 32.0 Å². The molecule has 136 valence electrons. The highest BCUT2D eigenvalue weighted by Crippen LogP contribution is 2.15. The monoisotopic (exact) mass is 356 g/mol. The minimum absolute atomic E-state index is 0.108. The van der Waals surface area contributed by atoms with Crippen LogP contribution >= 0.6 is 0 Å². The molecule has 1 heterocycles. The molecule has 0 saturated heterocycles. The van der Waals surface area contributed by atoms with Crippen LogP contribution in [0.4, 0.5) is 0 Å². The molecule has 1 aromatic heterocycles. The van der Waals surface area contributed by atoms with Gasteiger partial charge in [-0.05, 0) is 18.9 Å². The van der Waals surface area contributed by atoms with Crippen molar-refractivity contribution < 1.29 is 14.3 Å². The van der Waals surface area contributed by atoms with Crippen molar-refractivity contribution in [2.45, 2.75) is 32.7 Å². The highest BCUT2D eigenvalue weighted by Gasteiger charge is 2.30. The number of fused-ring (bicyclic) bond motifs is 1. The number of hydrogen-bond acceptors (Lipinski definition) is 6. The molecule has 0 radical (unpaired) electrons. The molecule has 0 fully saturated rings. The van der Waals surface area contributed by atoms with Crippen molar-refractivity contribution in [3.63, 3.8) is 0 Å². The predicted molar refractivity (Wildman–Crippen MR) is 94.0 cm³/mol. The number of nitrogens with zero attached hydrogens (tertiary/aromatic N) is 2. The highest BCUT2D eigenvalue weighted by atomic mass is 16.5. The summed E-state index contributed by atoms with van der Waals surface area (Å²) < 4.78 is 4.96. The number of esters is 1. The zero-order chi connectivity index (χ0) is 19.3. The fraction of sp³-hybridized carbons (Fsp3) is 0.389. The first kappa shape index (κ1) is 19.1. The van der Waals surface area contributed by atoms with E-state index in [1.807, 2.05) is 19.9 Å². The first-order valence-corrected chi connectivity index (χ1v) is 8.11. The Morgan fingerprint density at radius 3 is 2.62 bits per heavy atom. The lowest BCUT2D eigenvalue weighted by atomic mass is 9.90. The number of rotatable bonds is 6. The van der Waals surface area contributed by atoms with Gasteiger partial charge < -0.3 is 10.1 Å². The lowest BCUT2D eigenvalue weighted by Crippen LogP contribution is -2.50. The van der Waals surface area contributed by atoms with Crippen LogP contribution in [-0.4, -0.2) is 34.2 Å². The van der Waals surface area contributed by atoms with Gasteiger partial charge in [0.15, 0.2) is 6.61 Å². The Hall–Kier alpha value is -3.21. The molecule has 2 N–H and O–H groups in total. The molecular weight excluding hydrogens is 336 g/mol. The largest absolute Gasteiger partial charge is 0.455 e. The Labute approximate surface area is 150 Å². The standard InChI is InChI=1S/C18H20N4O4/c1-11(2)18(3,10-19)20-15(23)9-26-16(24)8-14-12-6-4-5-7-13(12)17(25)22-21-14/h4-7,11H,8-9H2,1-3H3,(H,20,23)(H,22,25)/t18-/m0/s1. The van der Waals surface area contributed by atoms with Crippen molar-refractivity contribution in [3.05, 3.63) is 40.3 Å². The number of benzene rings is 1. The molecule has 2 aromatic rings. The molecule has 26 heavy (non-hydrogen) atoms. The first-order chi connectivity index (χ1) is 12.3. The molecule has 2 rings (SSSR count). The first-order valence-electron chi connectivity index (χ1n) is 8.11. The number of hydrogen-bond donors (Lipinski definition) is 2. The average Bonchev–Trinajstić information content (AvgIpc) is 2.62.